The molecule has 0 spiro atoms. The lowest BCUT2D eigenvalue weighted by Crippen LogP contribution is -2.25. The predicted molar refractivity (Wildman–Crippen MR) is 109 cm³/mol. The van der Waals surface area contributed by atoms with Crippen LogP contribution < -0.4 is 10.1 Å². The number of rotatable bonds is 7. The maximum Gasteiger partial charge on any atom is 0.312 e. The van der Waals surface area contributed by atoms with Gasteiger partial charge < -0.3 is 10.1 Å². The lowest BCUT2D eigenvalue weighted by molar-refractivity contribution is -0.386. The number of hydrogen-bond donors (Lipinski definition) is 1. The van der Waals surface area contributed by atoms with Crippen LogP contribution in [0.5, 0.6) is 5.75 Å². The average molecular weight is 463 g/mol. The number of carbonyl (C=O) groups excluding carboxylic acids is 1. The molecule has 0 saturated carbocycles. The topological polar surface area (TPSA) is 117 Å². The maximum atomic E-state index is 12.6. The number of benzene rings is 1. The van der Waals surface area contributed by atoms with E-state index in [-0.39, 0.29) is 24.0 Å². The second-order valence-electron chi connectivity index (χ2n) is 6.38. The second-order valence-corrected chi connectivity index (χ2v) is 7.30. The fraction of sp³-hybridized carbons (Fsp3) is 0.278. The van der Waals surface area contributed by atoms with Crippen molar-refractivity contribution >= 4 is 33.2 Å². The van der Waals surface area contributed by atoms with Gasteiger partial charge in [0.25, 0.3) is 0 Å². The molecule has 0 aliphatic rings. The predicted octanol–water partition coefficient (Wildman–Crippen LogP) is 3.60. The first-order valence-electron chi connectivity index (χ1n) is 8.68. The van der Waals surface area contributed by atoms with E-state index in [1.165, 1.54) is 15.6 Å². The summed E-state index contributed by atoms with van der Waals surface area (Å²) in [5.41, 5.74) is 0.999. The maximum absolute atomic E-state index is 12.6. The van der Waals surface area contributed by atoms with Crippen LogP contribution in [0.25, 0.3) is 0 Å². The number of hydrogen-bond acceptors (Lipinski definition) is 6. The molecule has 0 fully saturated rings. The Bertz CT molecular complexity index is 1040. The number of carbonyl (C=O) groups is 1. The highest BCUT2D eigenvalue weighted by atomic mass is 79.9. The number of halogens is 1. The van der Waals surface area contributed by atoms with Crippen molar-refractivity contribution in [3.05, 3.63) is 62.6 Å². The minimum Gasteiger partial charge on any atom is -0.471 e. The Labute approximate surface area is 174 Å². The SMILES string of the molecule is Cc1nn(C(C)C(=O)Nc2cnn(COc3ccc(Br)cc3)c2)c(C)c1[N+](=O)[O-]. The molecule has 0 aliphatic heterocycles. The number of nitro groups is 1. The van der Waals surface area contributed by atoms with Crippen molar-refractivity contribution in [3.63, 3.8) is 0 Å². The molecule has 29 heavy (non-hydrogen) atoms. The van der Waals surface area contributed by atoms with E-state index >= 15 is 0 Å². The van der Waals surface area contributed by atoms with E-state index < -0.39 is 11.0 Å². The van der Waals surface area contributed by atoms with Crippen molar-refractivity contribution in [2.24, 2.45) is 0 Å². The molecule has 0 saturated heterocycles. The highest BCUT2D eigenvalue weighted by Crippen LogP contribution is 2.25. The number of ether oxygens (including phenoxy) is 1. The summed E-state index contributed by atoms with van der Waals surface area (Å²) < 4.78 is 9.47. The molecule has 0 aliphatic carbocycles. The molecule has 2 heterocycles. The van der Waals surface area contributed by atoms with Crippen LogP contribution in [0, 0.1) is 24.0 Å². The normalized spacial score (nSPS) is 11.9. The largest absolute Gasteiger partial charge is 0.471 e. The smallest absolute Gasteiger partial charge is 0.312 e. The Morgan fingerprint density at radius 1 is 1.34 bits per heavy atom. The van der Waals surface area contributed by atoms with E-state index in [0.29, 0.717) is 17.1 Å². The fourth-order valence-corrected chi connectivity index (χ4v) is 3.09. The molecule has 1 N–H and O–H groups in total. The summed E-state index contributed by atoms with van der Waals surface area (Å²) in [7, 11) is 0. The van der Waals surface area contributed by atoms with Gasteiger partial charge in [0.15, 0.2) is 6.73 Å². The Hall–Kier alpha value is -3.21. The van der Waals surface area contributed by atoms with E-state index in [1.807, 2.05) is 24.3 Å². The average Bonchev–Trinajstić information content (AvgIpc) is 3.24. The van der Waals surface area contributed by atoms with Crippen molar-refractivity contribution in [1.82, 2.24) is 19.6 Å². The summed E-state index contributed by atoms with van der Waals surface area (Å²) in [5.74, 6) is 0.327. The van der Waals surface area contributed by atoms with Crippen LogP contribution in [-0.4, -0.2) is 30.4 Å². The number of aromatic nitrogens is 4. The molecule has 1 amide bonds. The summed E-state index contributed by atoms with van der Waals surface area (Å²) in [6.07, 6.45) is 3.13. The molecule has 3 rings (SSSR count). The highest BCUT2D eigenvalue weighted by Gasteiger charge is 2.27. The third-order valence-corrected chi connectivity index (χ3v) is 4.82. The van der Waals surface area contributed by atoms with Crippen LogP contribution in [0.3, 0.4) is 0 Å². The van der Waals surface area contributed by atoms with Crippen molar-refractivity contribution in [2.75, 3.05) is 5.32 Å². The zero-order valence-corrected chi connectivity index (χ0v) is 17.6. The minimum absolute atomic E-state index is 0.0810. The van der Waals surface area contributed by atoms with Gasteiger partial charge in [0.2, 0.25) is 5.91 Å². The second kappa shape index (κ2) is 8.43. The van der Waals surface area contributed by atoms with Gasteiger partial charge in [-0.15, -0.1) is 0 Å². The van der Waals surface area contributed by atoms with Gasteiger partial charge in [0.1, 0.15) is 23.2 Å². The number of anilines is 1. The van der Waals surface area contributed by atoms with Crippen molar-refractivity contribution < 1.29 is 14.5 Å². The molecule has 1 aromatic carbocycles. The number of nitrogens with zero attached hydrogens (tertiary/aromatic N) is 5. The van der Waals surface area contributed by atoms with Crippen molar-refractivity contribution in [2.45, 2.75) is 33.5 Å². The van der Waals surface area contributed by atoms with E-state index in [0.717, 1.165) is 4.47 Å². The van der Waals surface area contributed by atoms with E-state index in [4.69, 9.17) is 4.74 Å². The molecular formula is C18H19BrN6O4. The third kappa shape index (κ3) is 4.62. The van der Waals surface area contributed by atoms with E-state index in [1.54, 1.807) is 27.0 Å². The van der Waals surface area contributed by atoms with Crippen LogP contribution in [0.15, 0.2) is 41.1 Å². The van der Waals surface area contributed by atoms with Crippen LogP contribution in [0.4, 0.5) is 11.4 Å². The zero-order chi connectivity index (χ0) is 21.1. The first-order valence-corrected chi connectivity index (χ1v) is 9.47. The van der Waals surface area contributed by atoms with Gasteiger partial charge in [0.05, 0.1) is 23.0 Å². The van der Waals surface area contributed by atoms with Gasteiger partial charge >= 0.3 is 5.69 Å². The monoisotopic (exact) mass is 462 g/mol. The van der Waals surface area contributed by atoms with E-state index in [9.17, 15) is 14.9 Å². The van der Waals surface area contributed by atoms with Crippen LogP contribution in [0.1, 0.15) is 24.4 Å². The van der Waals surface area contributed by atoms with Crippen LogP contribution >= 0.6 is 15.9 Å². The van der Waals surface area contributed by atoms with E-state index in [2.05, 4.69) is 31.4 Å². The van der Waals surface area contributed by atoms with Gasteiger partial charge in [0, 0.05) is 4.47 Å². The molecular weight excluding hydrogens is 444 g/mol. The lowest BCUT2D eigenvalue weighted by atomic mass is 10.2. The third-order valence-electron chi connectivity index (χ3n) is 4.29. The Kier molecular flexibility index (Phi) is 5.97. The fourth-order valence-electron chi connectivity index (χ4n) is 2.82. The molecule has 152 valence electrons. The number of nitrogens with one attached hydrogen (secondary N) is 1. The molecule has 0 bridgehead atoms. The van der Waals surface area contributed by atoms with Gasteiger partial charge in [-0.25, -0.2) is 4.68 Å². The summed E-state index contributed by atoms with van der Waals surface area (Å²) in [4.78, 5) is 23.2. The summed E-state index contributed by atoms with van der Waals surface area (Å²) in [5, 5.41) is 22.2. The summed E-state index contributed by atoms with van der Waals surface area (Å²) in [6.45, 7) is 4.91. The summed E-state index contributed by atoms with van der Waals surface area (Å²) >= 11 is 3.36. The van der Waals surface area contributed by atoms with Gasteiger partial charge in [-0.1, -0.05) is 15.9 Å². The zero-order valence-electron chi connectivity index (χ0n) is 16.0. The Balaban J connectivity index is 1.63. The molecule has 0 radical (unpaired) electrons. The minimum atomic E-state index is -0.732. The molecule has 1 unspecified atom stereocenters. The first-order chi connectivity index (χ1) is 13.8. The quantitative estimate of drug-likeness (QED) is 0.423. The molecule has 3 aromatic rings. The van der Waals surface area contributed by atoms with Crippen molar-refractivity contribution in [1.29, 1.82) is 0 Å². The van der Waals surface area contributed by atoms with Gasteiger partial charge in [-0.3, -0.25) is 19.6 Å². The Morgan fingerprint density at radius 3 is 2.66 bits per heavy atom. The van der Waals surface area contributed by atoms with Crippen LogP contribution in [0.2, 0.25) is 0 Å². The van der Waals surface area contributed by atoms with Gasteiger partial charge in [-0.05, 0) is 45.0 Å². The number of aryl methyl sites for hydroxylation is 1. The van der Waals surface area contributed by atoms with Crippen LogP contribution in [-0.2, 0) is 11.5 Å². The molecule has 2 aromatic heterocycles. The highest BCUT2D eigenvalue weighted by molar-refractivity contribution is 9.10. The lowest BCUT2D eigenvalue weighted by Gasteiger charge is -2.13. The number of amides is 1. The Morgan fingerprint density at radius 2 is 2.03 bits per heavy atom. The first kappa shape index (κ1) is 20.5. The van der Waals surface area contributed by atoms with Crippen molar-refractivity contribution in [3.8, 4) is 5.75 Å². The molecule has 10 nitrogen and oxygen atoms in total. The molecule has 11 heteroatoms. The standard InChI is InChI=1S/C18H19BrN6O4/c1-11-17(25(27)28)12(2)24(22-11)13(3)18(26)21-15-8-20-23(9-15)10-29-16-6-4-14(19)5-7-16/h4-9,13H,10H2,1-3H3,(H,21,26). The molecule has 1 atom stereocenters. The summed E-state index contributed by atoms with van der Waals surface area (Å²) in [6, 6.07) is 6.66. The van der Waals surface area contributed by atoms with Gasteiger partial charge in [-0.2, -0.15) is 10.2 Å².